The molecule has 1 heterocycles. The third-order valence-corrected chi connectivity index (χ3v) is 5.54. The molecule has 1 N–H and O–H groups in total. The summed E-state index contributed by atoms with van der Waals surface area (Å²) in [5, 5.41) is 3.37. The van der Waals surface area contributed by atoms with Crippen LogP contribution in [0, 0.1) is 11.7 Å². The highest BCUT2D eigenvalue weighted by atomic mass is 19.1. The number of hydrogen-bond acceptors (Lipinski definition) is 2. The van der Waals surface area contributed by atoms with Gasteiger partial charge in [0.25, 0.3) is 0 Å². The highest BCUT2D eigenvalue weighted by Gasteiger charge is 2.33. The summed E-state index contributed by atoms with van der Waals surface area (Å²) in [5.74, 6) is 1.05. The normalized spacial score (nSPS) is 26.0. The molecule has 0 radical (unpaired) electrons. The van der Waals surface area contributed by atoms with Gasteiger partial charge < -0.3 is 10.1 Å². The zero-order chi connectivity index (χ0) is 16.4. The van der Waals surface area contributed by atoms with Crippen molar-refractivity contribution in [3.63, 3.8) is 0 Å². The summed E-state index contributed by atoms with van der Waals surface area (Å²) in [6.07, 6.45) is 5.03. The van der Waals surface area contributed by atoms with Crippen molar-refractivity contribution in [2.24, 2.45) is 5.92 Å². The van der Waals surface area contributed by atoms with Crippen LogP contribution in [0.5, 0.6) is 0 Å². The van der Waals surface area contributed by atoms with Gasteiger partial charge in [0, 0.05) is 18.2 Å². The molecule has 0 aromatic heterocycles. The smallest absolute Gasteiger partial charge is 0.125 e. The minimum absolute atomic E-state index is 0.153. The van der Waals surface area contributed by atoms with Crippen LogP contribution in [-0.2, 0) is 11.3 Å². The van der Waals surface area contributed by atoms with E-state index in [2.05, 4.69) is 29.6 Å². The van der Waals surface area contributed by atoms with Crippen LogP contribution in [0.4, 0.5) is 10.1 Å². The molecule has 1 unspecified atom stereocenters. The predicted molar refractivity (Wildman–Crippen MR) is 94.6 cm³/mol. The van der Waals surface area contributed by atoms with E-state index in [0.29, 0.717) is 24.5 Å². The monoisotopic (exact) mass is 325 g/mol. The molecule has 1 aliphatic heterocycles. The number of fused-ring (bicyclic) bond motifs is 1. The summed E-state index contributed by atoms with van der Waals surface area (Å²) in [6, 6.07) is 15.6. The van der Waals surface area contributed by atoms with Crippen molar-refractivity contribution in [3.05, 3.63) is 65.5 Å². The quantitative estimate of drug-likeness (QED) is 0.843. The van der Waals surface area contributed by atoms with Gasteiger partial charge in [-0.05, 0) is 54.9 Å². The molecular formula is C21H24FNO. The van der Waals surface area contributed by atoms with E-state index in [1.54, 1.807) is 12.1 Å². The Morgan fingerprint density at radius 2 is 1.79 bits per heavy atom. The van der Waals surface area contributed by atoms with Crippen LogP contribution >= 0.6 is 0 Å². The van der Waals surface area contributed by atoms with Crippen molar-refractivity contribution in [2.75, 3.05) is 11.9 Å². The summed E-state index contributed by atoms with van der Waals surface area (Å²) in [7, 11) is 0. The molecule has 0 spiro atoms. The standard InChI is InChI=1S/C21H24FNO/c22-17-8-11-19-20(13-23-21(19)12-17)16-6-9-18(10-7-16)24-14-15-4-2-1-3-5-15/h1-5,8,11-12,16,18,20,23H,6-7,9-10,13-14H2. The van der Waals surface area contributed by atoms with Gasteiger partial charge in [0.15, 0.2) is 0 Å². The van der Waals surface area contributed by atoms with Crippen molar-refractivity contribution >= 4 is 5.69 Å². The van der Waals surface area contributed by atoms with Crippen LogP contribution in [0.1, 0.15) is 42.7 Å². The molecule has 2 aromatic rings. The third-order valence-electron chi connectivity index (χ3n) is 5.54. The predicted octanol–water partition coefficient (Wildman–Crippen LogP) is 5.11. The van der Waals surface area contributed by atoms with E-state index in [9.17, 15) is 4.39 Å². The molecule has 2 aromatic carbocycles. The SMILES string of the molecule is Fc1ccc2c(c1)NCC2C1CCC(OCc2ccccc2)CC1. The van der Waals surface area contributed by atoms with E-state index in [4.69, 9.17) is 4.74 Å². The van der Waals surface area contributed by atoms with Crippen LogP contribution < -0.4 is 5.32 Å². The average Bonchev–Trinajstić information content (AvgIpc) is 3.04. The summed E-state index contributed by atoms with van der Waals surface area (Å²) in [5.41, 5.74) is 3.53. The lowest BCUT2D eigenvalue weighted by Gasteiger charge is -2.32. The Morgan fingerprint density at radius 1 is 1.00 bits per heavy atom. The molecule has 0 amide bonds. The van der Waals surface area contributed by atoms with E-state index in [-0.39, 0.29) is 5.82 Å². The van der Waals surface area contributed by atoms with Crippen LogP contribution in [0.15, 0.2) is 48.5 Å². The Hall–Kier alpha value is -1.87. The van der Waals surface area contributed by atoms with Gasteiger partial charge in [-0.2, -0.15) is 0 Å². The second-order valence-corrected chi connectivity index (χ2v) is 7.05. The fourth-order valence-corrected chi connectivity index (χ4v) is 4.20. The number of nitrogens with one attached hydrogen (secondary N) is 1. The highest BCUT2D eigenvalue weighted by molar-refractivity contribution is 5.58. The Labute approximate surface area is 143 Å². The molecule has 4 rings (SSSR count). The minimum Gasteiger partial charge on any atom is -0.384 e. The van der Waals surface area contributed by atoms with Crippen LogP contribution in [0.2, 0.25) is 0 Å². The lowest BCUT2D eigenvalue weighted by molar-refractivity contribution is 0.00502. The maximum absolute atomic E-state index is 13.4. The van der Waals surface area contributed by atoms with Gasteiger partial charge in [-0.25, -0.2) is 4.39 Å². The van der Waals surface area contributed by atoms with Crippen molar-refractivity contribution < 1.29 is 9.13 Å². The first kappa shape index (κ1) is 15.6. The highest BCUT2D eigenvalue weighted by Crippen LogP contribution is 2.43. The number of halogens is 1. The van der Waals surface area contributed by atoms with Crippen LogP contribution in [0.3, 0.4) is 0 Å². The summed E-state index contributed by atoms with van der Waals surface area (Å²) >= 11 is 0. The number of anilines is 1. The zero-order valence-electron chi connectivity index (χ0n) is 13.9. The van der Waals surface area contributed by atoms with Crippen molar-refractivity contribution in [2.45, 2.75) is 44.3 Å². The number of benzene rings is 2. The number of hydrogen-bond donors (Lipinski definition) is 1. The second-order valence-electron chi connectivity index (χ2n) is 7.05. The molecule has 1 aliphatic carbocycles. The molecule has 0 saturated heterocycles. The summed E-state index contributed by atoms with van der Waals surface area (Å²) in [4.78, 5) is 0. The van der Waals surface area contributed by atoms with E-state index < -0.39 is 0 Å². The molecular weight excluding hydrogens is 301 g/mol. The molecule has 24 heavy (non-hydrogen) atoms. The Kier molecular flexibility index (Phi) is 4.52. The summed E-state index contributed by atoms with van der Waals surface area (Å²) < 4.78 is 19.5. The Bertz CT molecular complexity index is 679. The first-order valence-electron chi connectivity index (χ1n) is 8.98. The van der Waals surface area contributed by atoms with E-state index in [1.165, 1.54) is 24.0 Å². The molecule has 1 fully saturated rings. The van der Waals surface area contributed by atoms with E-state index >= 15 is 0 Å². The molecule has 2 nitrogen and oxygen atoms in total. The minimum atomic E-state index is -0.153. The van der Waals surface area contributed by atoms with Gasteiger partial charge in [-0.15, -0.1) is 0 Å². The fourth-order valence-electron chi connectivity index (χ4n) is 4.20. The van der Waals surface area contributed by atoms with E-state index in [0.717, 1.165) is 25.1 Å². The van der Waals surface area contributed by atoms with Crippen molar-refractivity contribution in [3.8, 4) is 0 Å². The molecule has 2 aliphatic rings. The Morgan fingerprint density at radius 3 is 2.58 bits per heavy atom. The first-order valence-corrected chi connectivity index (χ1v) is 8.98. The second kappa shape index (κ2) is 6.94. The maximum Gasteiger partial charge on any atom is 0.125 e. The maximum atomic E-state index is 13.4. The van der Waals surface area contributed by atoms with Gasteiger partial charge in [-0.1, -0.05) is 36.4 Å². The van der Waals surface area contributed by atoms with Gasteiger partial charge >= 0.3 is 0 Å². The topological polar surface area (TPSA) is 21.3 Å². The molecule has 3 heteroatoms. The average molecular weight is 325 g/mol. The van der Waals surface area contributed by atoms with E-state index in [1.807, 2.05) is 12.1 Å². The third kappa shape index (κ3) is 3.32. The molecule has 126 valence electrons. The number of rotatable bonds is 4. The fraction of sp³-hybridized carbons (Fsp3) is 0.429. The van der Waals surface area contributed by atoms with Crippen LogP contribution in [-0.4, -0.2) is 12.6 Å². The van der Waals surface area contributed by atoms with Gasteiger partial charge in [0.1, 0.15) is 5.82 Å². The molecule has 1 saturated carbocycles. The lowest BCUT2D eigenvalue weighted by atomic mass is 9.77. The van der Waals surface area contributed by atoms with Crippen molar-refractivity contribution in [1.82, 2.24) is 0 Å². The first-order chi connectivity index (χ1) is 11.8. The number of ether oxygens (including phenoxy) is 1. The summed E-state index contributed by atoms with van der Waals surface area (Å²) in [6.45, 7) is 1.66. The Balaban J connectivity index is 1.31. The van der Waals surface area contributed by atoms with Crippen LogP contribution in [0.25, 0.3) is 0 Å². The lowest BCUT2D eigenvalue weighted by Crippen LogP contribution is -2.26. The zero-order valence-corrected chi connectivity index (χ0v) is 13.9. The van der Waals surface area contributed by atoms with Gasteiger partial charge in [0.2, 0.25) is 0 Å². The van der Waals surface area contributed by atoms with Gasteiger partial charge in [-0.3, -0.25) is 0 Å². The van der Waals surface area contributed by atoms with Gasteiger partial charge in [0.05, 0.1) is 12.7 Å². The largest absolute Gasteiger partial charge is 0.384 e. The molecule has 1 atom stereocenters. The molecule has 0 bridgehead atoms. The van der Waals surface area contributed by atoms with Crippen molar-refractivity contribution in [1.29, 1.82) is 0 Å².